The van der Waals surface area contributed by atoms with E-state index in [1.54, 1.807) is 11.3 Å². The molecular weight excluding hydrogens is 180 g/mol. The number of thiophene rings is 1. The molecule has 2 rings (SSSR count). The topological polar surface area (TPSA) is 51.6 Å². The molecule has 0 unspecified atom stereocenters. The standard InChI is InChI=1S/C10H10N2S/c1-6-4-7-2-3-8(10(11)12)5-9(7)13-6/h2-5H,1H3,(H3,11,12)/p+1. The number of hydrogen-bond acceptors (Lipinski definition) is 1. The minimum absolute atomic E-state index is 0.382. The van der Waals surface area contributed by atoms with Crippen LogP contribution in [0.15, 0.2) is 24.3 Å². The van der Waals surface area contributed by atoms with E-state index in [-0.39, 0.29) is 0 Å². The van der Waals surface area contributed by atoms with Crippen molar-refractivity contribution in [1.29, 1.82) is 0 Å². The van der Waals surface area contributed by atoms with E-state index >= 15 is 0 Å². The third-order valence-electron chi connectivity index (χ3n) is 1.98. The van der Waals surface area contributed by atoms with Gasteiger partial charge in [-0.1, -0.05) is 6.07 Å². The average Bonchev–Trinajstić information content (AvgIpc) is 2.42. The number of fused-ring (bicyclic) bond motifs is 1. The predicted octanol–water partition coefficient (Wildman–Crippen LogP) is 0.674. The van der Waals surface area contributed by atoms with Crippen LogP contribution in [0.3, 0.4) is 0 Å². The van der Waals surface area contributed by atoms with Gasteiger partial charge in [-0.2, -0.15) is 0 Å². The van der Waals surface area contributed by atoms with Crippen molar-refractivity contribution >= 4 is 27.3 Å². The lowest BCUT2D eigenvalue weighted by Gasteiger charge is -1.92. The molecule has 1 aromatic heterocycles. The minimum atomic E-state index is 0.382. The van der Waals surface area contributed by atoms with Crippen molar-refractivity contribution in [3.8, 4) is 0 Å². The van der Waals surface area contributed by atoms with Crippen LogP contribution < -0.4 is 11.1 Å². The molecule has 13 heavy (non-hydrogen) atoms. The van der Waals surface area contributed by atoms with Crippen LogP contribution in [0, 0.1) is 6.92 Å². The number of rotatable bonds is 1. The van der Waals surface area contributed by atoms with E-state index in [1.807, 2.05) is 18.2 Å². The van der Waals surface area contributed by atoms with Gasteiger partial charge in [-0.3, -0.25) is 11.1 Å². The quantitative estimate of drug-likeness (QED) is 0.505. The first-order chi connectivity index (χ1) is 6.16. The van der Waals surface area contributed by atoms with Crippen LogP contribution in [-0.2, 0) is 0 Å². The summed E-state index contributed by atoms with van der Waals surface area (Å²) in [4.78, 5) is 1.31. The molecule has 0 aliphatic heterocycles. The molecule has 0 saturated heterocycles. The van der Waals surface area contributed by atoms with Gasteiger partial charge < -0.3 is 0 Å². The van der Waals surface area contributed by atoms with E-state index in [1.165, 1.54) is 15.0 Å². The molecule has 66 valence electrons. The van der Waals surface area contributed by atoms with E-state index in [4.69, 9.17) is 11.1 Å². The minimum Gasteiger partial charge on any atom is -0.287 e. The van der Waals surface area contributed by atoms with Gasteiger partial charge >= 0.3 is 0 Å². The fourth-order valence-corrected chi connectivity index (χ4v) is 2.31. The van der Waals surface area contributed by atoms with Gasteiger partial charge in [-0.25, -0.2) is 0 Å². The lowest BCUT2D eigenvalue weighted by Crippen LogP contribution is -2.46. The Kier molecular flexibility index (Phi) is 1.81. The second-order valence-corrected chi connectivity index (χ2v) is 4.35. The fourth-order valence-electron chi connectivity index (χ4n) is 1.34. The van der Waals surface area contributed by atoms with Crippen LogP contribution >= 0.6 is 11.3 Å². The van der Waals surface area contributed by atoms with Gasteiger partial charge in [0.1, 0.15) is 0 Å². The Labute approximate surface area is 80.5 Å². The molecular formula is C10H11N2S+. The normalized spacial score (nSPS) is 10.5. The van der Waals surface area contributed by atoms with Crippen molar-refractivity contribution < 1.29 is 5.41 Å². The van der Waals surface area contributed by atoms with Gasteiger partial charge in [-0.05, 0) is 30.5 Å². The molecule has 1 aromatic carbocycles. The Morgan fingerprint density at radius 2 is 2.15 bits per heavy atom. The van der Waals surface area contributed by atoms with E-state index in [0.717, 1.165) is 5.56 Å². The molecule has 3 heteroatoms. The first-order valence-corrected chi connectivity index (χ1v) is 4.87. The van der Waals surface area contributed by atoms with Crippen molar-refractivity contribution in [2.45, 2.75) is 6.92 Å². The highest BCUT2D eigenvalue weighted by atomic mass is 32.1. The summed E-state index contributed by atoms with van der Waals surface area (Å²) < 4.78 is 1.24. The number of benzene rings is 1. The van der Waals surface area contributed by atoms with Crippen molar-refractivity contribution in [2.75, 3.05) is 0 Å². The van der Waals surface area contributed by atoms with Gasteiger partial charge in [-0.15, -0.1) is 11.3 Å². The third kappa shape index (κ3) is 1.42. The van der Waals surface area contributed by atoms with E-state index in [9.17, 15) is 0 Å². The third-order valence-corrected chi connectivity index (χ3v) is 2.99. The van der Waals surface area contributed by atoms with Gasteiger partial charge in [0.25, 0.3) is 5.84 Å². The maximum absolute atomic E-state index is 5.51. The monoisotopic (exact) mass is 191 g/mol. The van der Waals surface area contributed by atoms with Crippen molar-refractivity contribution in [1.82, 2.24) is 0 Å². The predicted molar refractivity (Wildman–Crippen MR) is 56.8 cm³/mol. The number of hydrogen-bond donors (Lipinski definition) is 2. The molecule has 0 aliphatic rings. The zero-order valence-corrected chi connectivity index (χ0v) is 8.19. The summed E-state index contributed by atoms with van der Waals surface area (Å²) in [5.41, 5.74) is 6.42. The molecule has 1 heterocycles. The summed E-state index contributed by atoms with van der Waals surface area (Å²) in [6.45, 7) is 2.10. The SMILES string of the molecule is Cc1cc2ccc(C(N)=[NH2+])cc2s1. The molecule has 0 atom stereocenters. The number of aryl methyl sites for hydroxylation is 1. The highest BCUT2D eigenvalue weighted by molar-refractivity contribution is 7.19. The highest BCUT2D eigenvalue weighted by Crippen LogP contribution is 2.25. The van der Waals surface area contributed by atoms with Crippen molar-refractivity contribution in [2.24, 2.45) is 5.73 Å². The first-order valence-electron chi connectivity index (χ1n) is 4.05. The van der Waals surface area contributed by atoms with Crippen LogP contribution in [-0.4, -0.2) is 5.84 Å². The van der Waals surface area contributed by atoms with E-state index < -0.39 is 0 Å². The van der Waals surface area contributed by atoms with Crippen LogP contribution in [0.1, 0.15) is 10.4 Å². The summed E-state index contributed by atoms with van der Waals surface area (Å²) in [6, 6.07) is 8.19. The Balaban J connectivity index is 2.67. The Bertz CT molecular complexity index is 471. The summed E-state index contributed by atoms with van der Waals surface area (Å²) in [6.07, 6.45) is 0. The van der Waals surface area contributed by atoms with Crippen LogP contribution in [0.25, 0.3) is 10.1 Å². The Morgan fingerprint density at radius 1 is 1.38 bits per heavy atom. The van der Waals surface area contributed by atoms with E-state index in [0.29, 0.717) is 5.84 Å². The van der Waals surface area contributed by atoms with Crippen LogP contribution in [0.5, 0.6) is 0 Å². The van der Waals surface area contributed by atoms with Crippen LogP contribution in [0.4, 0.5) is 0 Å². The van der Waals surface area contributed by atoms with Gasteiger partial charge in [0.15, 0.2) is 0 Å². The summed E-state index contributed by atoms with van der Waals surface area (Å²) in [5, 5.41) is 6.77. The Morgan fingerprint density at radius 3 is 2.85 bits per heavy atom. The molecule has 0 amide bonds. The molecule has 0 radical (unpaired) electrons. The molecule has 0 bridgehead atoms. The zero-order chi connectivity index (χ0) is 9.42. The van der Waals surface area contributed by atoms with Crippen molar-refractivity contribution in [3.63, 3.8) is 0 Å². The van der Waals surface area contributed by atoms with Gasteiger partial charge in [0.2, 0.25) is 0 Å². The number of nitrogens with two attached hydrogens (primary N) is 2. The number of amidine groups is 1. The smallest absolute Gasteiger partial charge is 0.270 e. The second-order valence-electron chi connectivity index (χ2n) is 3.06. The molecule has 0 saturated carbocycles. The first kappa shape index (κ1) is 8.26. The van der Waals surface area contributed by atoms with E-state index in [2.05, 4.69) is 13.0 Å². The molecule has 0 aliphatic carbocycles. The van der Waals surface area contributed by atoms with Gasteiger partial charge in [0.05, 0.1) is 5.56 Å². The van der Waals surface area contributed by atoms with Crippen LogP contribution in [0.2, 0.25) is 0 Å². The summed E-state index contributed by atoms with van der Waals surface area (Å²) in [7, 11) is 0. The average molecular weight is 191 g/mol. The molecule has 0 fully saturated rings. The maximum Gasteiger partial charge on any atom is 0.270 e. The highest BCUT2D eigenvalue weighted by Gasteiger charge is 2.04. The zero-order valence-electron chi connectivity index (χ0n) is 7.37. The second kappa shape index (κ2) is 2.85. The lowest BCUT2D eigenvalue weighted by atomic mass is 10.1. The summed E-state index contributed by atoms with van der Waals surface area (Å²) in [5.74, 6) is 0.382. The lowest BCUT2D eigenvalue weighted by molar-refractivity contribution is -0.114. The van der Waals surface area contributed by atoms with Crippen molar-refractivity contribution in [3.05, 3.63) is 34.7 Å². The van der Waals surface area contributed by atoms with Gasteiger partial charge in [0, 0.05) is 9.58 Å². The molecule has 2 aromatic rings. The molecule has 2 nitrogen and oxygen atoms in total. The molecule has 0 spiro atoms. The maximum atomic E-state index is 5.51. The largest absolute Gasteiger partial charge is 0.287 e. The Hall–Kier alpha value is -1.35. The fraction of sp³-hybridized carbons (Fsp3) is 0.100. The molecule has 4 N–H and O–H groups in total. The summed E-state index contributed by atoms with van der Waals surface area (Å²) >= 11 is 1.76.